The third kappa shape index (κ3) is 2.57. The Labute approximate surface area is 89.4 Å². The lowest BCUT2D eigenvalue weighted by atomic mass is 10.5. The average Bonchev–Trinajstić information content (AvgIpc) is 2.04. The van der Waals surface area contributed by atoms with Gasteiger partial charge in [0.1, 0.15) is 5.82 Å². The number of nitrogens with zero attached hydrogens (tertiary/aromatic N) is 2. The van der Waals surface area contributed by atoms with E-state index in [1.807, 2.05) is 0 Å². The van der Waals surface area contributed by atoms with Crippen LogP contribution >= 0.6 is 12.4 Å². The first-order valence-electron chi connectivity index (χ1n) is 3.58. The van der Waals surface area contributed by atoms with Crippen LogP contribution in [0.2, 0.25) is 0 Å². The van der Waals surface area contributed by atoms with E-state index in [9.17, 15) is 8.42 Å². The minimum absolute atomic E-state index is 0. The van der Waals surface area contributed by atoms with Crippen LogP contribution in [0.25, 0.3) is 0 Å². The molecule has 0 atom stereocenters. The van der Waals surface area contributed by atoms with Gasteiger partial charge in [-0.25, -0.2) is 17.7 Å². The maximum Gasteiger partial charge on any atom is 0.242 e. The Bertz CT molecular complexity index is 405. The van der Waals surface area contributed by atoms with Gasteiger partial charge in [0.2, 0.25) is 10.0 Å². The van der Waals surface area contributed by atoms with Crippen molar-refractivity contribution in [2.24, 2.45) is 0 Å². The second-order valence-corrected chi connectivity index (χ2v) is 4.86. The van der Waals surface area contributed by atoms with E-state index >= 15 is 0 Å². The first-order valence-corrected chi connectivity index (χ1v) is 5.02. The van der Waals surface area contributed by atoms with E-state index in [1.54, 1.807) is 0 Å². The second-order valence-electron chi connectivity index (χ2n) is 2.70. The first-order chi connectivity index (χ1) is 5.94. The molecule has 0 fully saturated rings. The molecule has 0 saturated heterocycles. The van der Waals surface area contributed by atoms with Gasteiger partial charge in [0.15, 0.2) is 0 Å². The number of pyridine rings is 1. The Morgan fingerprint density at radius 3 is 2.43 bits per heavy atom. The molecular weight excluding hydrogens is 226 g/mol. The molecule has 0 aliphatic rings. The Kier molecular flexibility index (Phi) is 4.31. The van der Waals surface area contributed by atoms with Gasteiger partial charge in [0.05, 0.1) is 4.90 Å². The molecule has 0 aromatic carbocycles. The summed E-state index contributed by atoms with van der Waals surface area (Å²) in [7, 11) is -0.458. The van der Waals surface area contributed by atoms with Crippen molar-refractivity contribution in [2.45, 2.75) is 4.90 Å². The lowest BCUT2D eigenvalue weighted by Crippen LogP contribution is -2.22. The molecule has 14 heavy (non-hydrogen) atoms. The molecule has 1 aromatic rings. The molecule has 0 radical (unpaired) electrons. The van der Waals surface area contributed by atoms with E-state index in [1.165, 1.54) is 32.4 Å². The van der Waals surface area contributed by atoms with Gasteiger partial charge in [-0.1, -0.05) is 0 Å². The Balaban J connectivity index is 0.00000169. The number of hydrogen-bond donors (Lipinski definition) is 1. The summed E-state index contributed by atoms with van der Waals surface area (Å²) < 4.78 is 24.2. The summed E-state index contributed by atoms with van der Waals surface area (Å²) in [5.41, 5.74) is 5.36. The summed E-state index contributed by atoms with van der Waals surface area (Å²) in [6, 6.07) is 2.74. The Hall–Kier alpha value is -0.850. The van der Waals surface area contributed by atoms with E-state index in [0.717, 1.165) is 4.31 Å². The van der Waals surface area contributed by atoms with Gasteiger partial charge >= 0.3 is 0 Å². The summed E-state index contributed by atoms with van der Waals surface area (Å²) >= 11 is 0. The summed E-state index contributed by atoms with van der Waals surface area (Å²) in [5.74, 6) is 0.197. The summed E-state index contributed by atoms with van der Waals surface area (Å²) in [6.45, 7) is 0. The van der Waals surface area contributed by atoms with Crippen LogP contribution in [0.3, 0.4) is 0 Å². The number of hydrogen-bond acceptors (Lipinski definition) is 4. The molecule has 0 saturated carbocycles. The SMILES string of the molecule is CN(C)S(=O)(=O)c1ccnc(N)c1.Cl. The number of rotatable bonds is 2. The summed E-state index contributed by atoms with van der Waals surface area (Å²) in [5, 5.41) is 0. The van der Waals surface area contributed by atoms with Crippen molar-refractivity contribution in [1.82, 2.24) is 9.29 Å². The molecule has 0 bridgehead atoms. The molecular formula is C7H12ClN3O2S. The fraction of sp³-hybridized carbons (Fsp3) is 0.286. The van der Waals surface area contributed by atoms with Crippen molar-refractivity contribution in [3.63, 3.8) is 0 Å². The first kappa shape index (κ1) is 13.2. The standard InChI is InChI=1S/C7H11N3O2S.ClH/c1-10(2)13(11,12)6-3-4-9-7(8)5-6;/h3-5H,1-2H3,(H2,8,9);1H. The summed E-state index contributed by atoms with van der Waals surface area (Å²) in [4.78, 5) is 3.86. The van der Waals surface area contributed by atoms with Gasteiger partial charge in [0.25, 0.3) is 0 Å². The highest BCUT2D eigenvalue weighted by atomic mass is 35.5. The predicted molar refractivity (Wildman–Crippen MR) is 56.8 cm³/mol. The lowest BCUT2D eigenvalue weighted by Gasteiger charge is -2.10. The smallest absolute Gasteiger partial charge is 0.242 e. The fourth-order valence-electron chi connectivity index (χ4n) is 0.799. The van der Waals surface area contributed by atoms with E-state index < -0.39 is 10.0 Å². The van der Waals surface area contributed by atoms with Gasteiger partial charge in [-0.15, -0.1) is 12.4 Å². The average molecular weight is 238 g/mol. The number of sulfonamides is 1. The minimum atomic E-state index is -3.39. The highest BCUT2D eigenvalue weighted by molar-refractivity contribution is 7.89. The van der Waals surface area contributed by atoms with Crippen LogP contribution in [0, 0.1) is 0 Å². The zero-order chi connectivity index (χ0) is 10.1. The maximum absolute atomic E-state index is 11.5. The van der Waals surface area contributed by atoms with E-state index in [0.29, 0.717) is 0 Å². The third-order valence-corrected chi connectivity index (χ3v) is 3.34. The van der Waals surface area contributed by atoms with Crippen LogP contribution < -0.4 is 5.73 Å². The molecule has 7 heteroatoms. The van der Waals surface area contributed by atoms with Crippen LogP contribution in [0.5, 0.6) is 0 Å². The Morgan fingerprint density at radius 1 is 1.43 bits per heavy atom. The zero-order valence-electron chi connectivity index (χ0n) is 7.84. The molecule has 2 N–H and O–H groups in total. The van der Waals surface area contributed by atoms with Gasteiger partial charge in [-0.05, 0) is 6.07 Å². The zero-order valence-corrected chi connectivity index (χ0v) is 9.47. The number of aromatic nitrogens is 1. The van der Waals surface area contributed by atoms with Crippen molar-refractivity contribution in [1.29, 1.82) is 0 Å². The molecule has 5 nitrogen and oxygen atoms in total. The largest absolute Gasteiger partial charge is 0.384 e. The molecule has 80 valence electrons. The number of anilines is 1. The normalized spacial score (nSPS) is 11.1. The van der Waals surface area contributed by atoms with Crippen LogP contribution in [-0.2, 0) is 10.0 Å². The van der Waals surface area contributed by atoms with Gasteiger partial charge < -0.3 is 5.73 Å². The molecule has 1 aromatic heterocycles. The van der Waals surface area contributed by atoms with Crippen LogP contribution in [-0.4, -0.2) is 31.8 Å². The molecule has 0 aliphatic heterocycles. The van der Waals surface area contributed by atoms with Crippen molar-refractivity contribution < 1.29 is 8.42 Å². The van der Waals surface area contributed by atoms with Crippen molar-refractivity contribution >= 4 is 28.2 Å². The molecule has 0 aliphatic carbocycles. The highest BCUT2D eigenvalue weighted by Crippen LogP contribution is 2.13. The predicted octanol–water partition coefficient (Wildman–Crippen LogP) is 0.336. The molecule has 0 spiro atoms. The van der Waals surface area contributed by atoms with Crippen molar-refractivity contribution in [3.8, 4) is 0 Å². The van der Waals surface area contributed by atoms with Crippen LogP contribution in [0.1, 0.15) is 0 Å². The lowest BCUT2D eigenvalue weighted by molar-refractivity contribution is 0.520. The van der Waals surface area contributed by atoms with Gasteiger partial charge in [-0.2, -0.15) is 0 Å². The topological polar surface area (TPSA) is 76.3 Å². The quantitative estimate of drug-likeness (QED) is 0.805. The van der Waals surface area contributed by atoms with Crippen molar-refractivity contribution in [3.05, 3.63) is 18.3 Å². The monoisotopic (exact) mass is 237 g/mol. The van der Waals surface area contributed by atoms with E-state index in [-0.39, 0.29) is 23.1 Å². The van der Waals surface area contributed by atoms with E-state index in [4.69, 9.17) is 5.73 Å². The number of nitrogen functional groups attached to an aromatic ring is 1. The van der Waals surface area contributed by atoms with Gasteiger partial charge in [-0.3, -0.25) is 0 Å². The molecule has 0 amide bonds. The Morgan fingerprint density at radius 2 is 2.00 bits per heavy atom. The molecule has 0 unspecified atom stereocenters. The van der Waals surface area contributed by atoms with Crippen LogP contribution in [0.15, 0.2) is 23.2 Å². The molecule has 1 heterocycles. The molecule has 1 rings (SSSR count). The number of halogens is 1. The maximum atomic E-state index is 11.5. The van der Waals surface area contributed by atoms with E-state index in [2.05, 4.69) is 4.98 Å². The van der Waals surface area contributed by atoms with Gasteiger partial charge in [0, 0.05) is 26.4 Å². The summed E-state index contributed by atoms with van der Waals surface area (Å²) in [6.07, 6.45) is 1.37. The minimum Gasteiger partial charge on any atom is -0.384 e. The fourth-order valence-corrected chi connectivity index (χ4v) is 1.72. The van der Waals surface area contributed by atoms with Crippen LogP contribution in [0.4, 0.5) is 5.82 Å². The number of nitrogens with two attached hydrogens (primary N) is 1. The van der Waals surface area contributed by atoms with Crippen molar-refractivity contribution in [2.75, 3.05) is 19.8 Å². The third-order valence-electron chi connectivity index (χ3n) is 1.53. The second kappa shape index (κ2) is 4.59. The highest BCUT2D eigenvalue weighted by Gasteiger charge is 2.16.